The molecule has 0 saturated carbocycles. The van der Waals surface area contributed by atoms with E-state index in [4.69, 9.17) is 10.00 Å². The van der Waals surface area contributed by atoms with Crippen LogP contribution in [0, 0.1) is 36.5 Å². The summed E-state index contributed by atoms with van der Waals surface area (Å²) in [5.41, 5.74) is 3.95. The highest BCUT2D eigenvalue weighted by atomic mass is 16.5. The minimum Gasteiger partial charge on any atom is -0.493 e. The van der Waals surface area contributed by atoms with E-state index in [0.29, 0.717) is 12.2 Å². The minimum atomic E-state index is -0.162. The Hall–Kier alpha value is -2.78. The smallest absolute Gasteiger partial charge is 0.122 e. The average molecular weight is 304 g/mol. The molecule has 0 N–H and O–H groups in total. The van der Waals surface area contributed by atoms with Gasteiger partial charge in [0, 0.05) is 0 Å². The van der Waals surface area contributed by atoms with E-state index in [1.54, 1.807) is 12.1 Å². The molecule has 0 spiro atoms. The van der Waals surface area contributed by atoms with Crippen LogP contribution in [0.1, 0.15) is 41.0 Å². The van der Waals surface area contributed by atoms with Crippen LogP contribution in [0.3, 0.4) is 0 Å². The molecule has 116 valence electrons. The maximum Gasteiger partial charge on any atom is 0.122 e. The predicted octanol–water partition coefficient (Wildman–Crippen LogP) is 4.64. The first-order valence-electron chi connectivity index (χ1n) is 7.74. The summed E-state index contributed by atoms with van der Waals surface area (Å²) in [5.74, 6) is 0.752. The van der Waals surface area contributed by atoms with Crippen molar-refractivity contribution in [1.82, 2.24) is 0 Å². The van der Waals surface area contributed by atoms with E-state index >= 15 is 0 Å². The molecule has 1 unspecified atom stereocenters. The Morgan fingerprint density at radius 3 is 2.43 bits per heavy atom. The van der Waals surface area contributed by atoms with Gasteiger partial charge in [-0.2, -0.15) is 10.5 Å². The number of hydrogen-bond acceptors (Lipinski definition) is 3. The summed E-state index contributed by atoms with van der Waals surface area (Å²) >= 11 is 0. The predicted molar refractivity (Wildman–Crippen MR) is 90.2 cm³/mol. The van der Waals surface area contributed by atoms with Gasteiger partial charge >= 0.3 is 0 Å². The Kier molecular flexibility index (Phi) is 5.78. The zero-order chi connectivity index (χ0) is 16.7. The minimum absolute atomic E-state index is 0.162. The second-order valence-electron chi connectivity index (χ2n) is 5.60. The van der Waals surface area contributed by atoms with E-state index in [1.807, 2.05) is 24.3 Å². The van der Waals surface area contributed by atoms with Gasteiger partial charge < -0.3 is 4.74 Å². The molecule has 0 radical (unpaired) electrons. The molecule has 2 rings (SSSR count). The van der Waals surface area contributed by atoms with Crippen LogP contribution in [-0.4, -0.2) is 6.61 Å². The fraction of sp³-hybridized carbons (Fsp3) is 0.300. The Morgan fingerprint density at radius 2 is 1.78 bits per heavy atom. The van der Waals surface area contributed by atoms with Crippen LogP contribution in [0.5, 0.6) is 5.75 Å². The van der Waals surface area contributed by atoms with Crippen molar-refractivity contribution in [2.75, 3.05) is 6.61 Å². The molecule has 0 aliphatic heterocycles. The summed E-state index contributed by atoms with van der Waals surface area (Å²) in [7, 11) is 0. The largest absolute Gasteiger partial charge is 0.493 e. The molecule has 0 saturated heterocycles. The van der Waals surface area contributed by atoms with Gasteiger partial charge in [0.25, 0.3) is 0 Å². The maximum absolute atomic E-state index is 9.35. The van der Waals surface area contributed by atoms with Gasteiger partial charge in [0.15, 0.2) is 0 Å². The standard InChI is InChI=1S/C20H20N2O/c1-15-5-3-7-20(16(15)2)23-12-4-6-19(14-22)18-10-8-17(13-21)9-11-18/h3,5,7-11,19H,4,6,12H2,1-2H3. The Morgan fingerprint density at radius 1 is 1.04 bits per heavy atom. The summed E-state index contributed by atoms with van der Waals surface area (Å²) in [4.78, 5) is 0. The molecule has 0 aliphatic rings. The lowest BCUT2D eigenvalue weighted by atomic mass is 9.95. The van der Waals surface area contributed by atoms with Crippen molar-refractivity contribution < 1.29 is 4.74 Å². The first-order chi connectivity index (χ1) is 11.2. The lowest BCUT2D eigenvalue weighted by Gasteiger charge is -2.12. The average Bonchev–Trinajstić information content (AvgIpc) is 2.59. The molecule has 3 nitrogen and oxygen atoms in total. The van der Waals surface area contributed by atoms with Gasteiger partial charge in [0.2, 0.25) is 0 Å². The maximum atomic E-state index is 9.35. The Bertz CT molecular complexity index is 736. The third-order valence-corrected chi connectivity index (χ3v) is 4.05. The van der Waals surface area contributed by atoms with Gasteiger partial charge in [-0.05, 0) is 61.6 Å². The first-order valence-corrected chi connectivity index (χ1v) is 7.74. The summed E-state index contributed by atoms with van der Waals surface area (Å²) in [6.07, 6.45) is 1.55. The zero-order valence-corrected chi connectivity index (χ0v) is 13.5. The van der Waals surface area contributed by atoms with Crippen LogP contribution in [0.4, 0.5) is 0 Å². The fourth-order valence-electron chi connectivity index (χ4n) is 2.45. The number of rotatable bonds is 6. The highest BCUT2D eigenvalue weighted by Crippen LogP contribution is 2.23. The SMILES string of the molecule is Cc1cccc(OCCCC(C#N)c2ccc(C#N)cc2)c1C. The lowest BCUT2D eigenvalue weighted by molar-refractivity contribution is 0.303. The molecular weight excluding hydrogens is 284 g/mol. The van der Waals surface area contributed by atoms with E-state index in [0.717, 1.165) is 29.7 Å². The second kappa shape index (κ2) is 8.01. The summed E-state index contributed by atoms with van der Waals surface area (Å²) in [6, 6.07) is 17.7. The summed E-state index contributed by atoms with van der Waals surface area (Å²) in [6.45, 7) is 4.72. The highest BCUT2D eigenvalue weighted by molar-refractivity contribution is 5.38. The highest BCUT2D eigenvalue weighted by Gasteiger charge is 2.10. The first kappa shape index (κ1) is 16.6. The Balaban J connectivity index is 1.87. The molecule has 23 heavy (non-hydrogen) atoms. The van der Waals surface area contributed by atoms with Gasteiger partial charge in [-0.3, -0.25) is 0 Å². The molecule has 0 aliphatic carbocycles. The van der Waals surface area contributed by atoms with E-state index in [-0.39, 0.29) is 5.92 Å². The molecule has 3 heteroatoms. The number of hydrogen-bond donors (Lipinski definition) is 0. The van der Waals surface area contributed by atoms with Crippen molar-refractivity contribution in [2.24, 2.45) is 0 Å². The second-order valence-corrected chi connectivity index (χ2v) is 5.60. The van der Waals surface area contributed by atoms with Crippen LogP contribution in [-0.2, 0) is 0 Å². The molecule has 2 aromatic carbocycles. The monoisotopic (exact) mass is 304 g/mol. The van der Waals surface area contributed by atoms with Crippen molar-refractivity contribution in [2.45, 2.75) is 32.6 Å². The lowest BCUT2D eigenvalue weighted by Crippen LogP contribution is -2.03. The molecule has 0 bridgehead atoms. The van der Waals surface area contributed by atoms with Gasteiger partial charge in [0.05, 0.1) is 30.2 Å². The van der Waals surface area contributed by atoms with Gasteiger partial charge in [0.1, 0.15) is 5.75 Å². The van der Waals surface area contributed by atoms with Gasteiger partial charge in [-0.15, -0.1) is 0 Å². The van der Waals surface area contributed by atoms with E-state index in [1.165, 1.54) is 5.56 Å². The number of aryl methyl sites for hydroxylation is 1. The van der Waals surface area contributed by atoms with Crippen molar-refractivity contribution >= 4 is 0 Å². The third-order valence-electron chi connectivity index (χ3n) is 4.05. The topological polar surface area (TPSA) is 56.8 Å². The normalized spacial score (nSPS) is 11.3. The van der Waals surface area contributed by atoms with Crippen molar-refractivity contribution in [1.29, 1.82) is 10.5 Å². The molecule has 0 aromatic heterocycles. The van der Waals surface area contributed by atoms with Gasteiger partial charge in [-0.25, -0.2) is 0 Å². The van der Waals surface area contributed by atoms with Crippen molar-refractivity contribution in [3.8, 4) is 17.9 Å². The van der Waals surface area contributed by atoms with E-state index in [2.05, 4.69) is 32.1 Å². The van der Waals surface area contributed by atoms with Crippen LogP contribution < -0.4 is 4.74 Å². The number of ether oxygens (including phenoxy) is 1. The Labute approximate surface area is 137 Å². The molecule has 0 heterocycles. The molecule has 1 atom stereocenters. The number of nitrogens with zero attached hydrogens (tertiary/aromatic N) is 2. The number of nitriles is 2. The third kappa shape index (κ3) is 4.34. The molecule has 2 aromatic rings. The van der Waals surface area contributed by atoms with Crippen molar-refractivity contribution in [3.63, 3.8) is 0 Å². The van der Waals surface area contributed by atoms with Crippen molar-refractivity contribution in [3.05, 3.63) is 64.7 Å². The molecular formula is C20H20N2O. The van der Waals surface area contributed by atoms with Crippen LogP contribution >= 0.6 is 0 Å². The summed E-state index contributed by atoms with van der Waals surface area (Å²) < 4.78 is 5.83. The van der Waals surface area contributed by atoms with E-state index in [9.17, 15) is 5.26 Å². The van der Waals surface area contributed by atoms with Crippen LogP contribution in [0.2, 0.25) is 0 Å². The zero-order valence-electron chi connectivity index (χ0n) is 13.5. The van der Waals surface area contributed by atoms with E-state index < -0.39 is 0 Å². The summed E-state index contributed by atoms with van der Waals surface area (Å²) in [5, 5.41) is 18.2. The van der Waals surface area contributed by atoms with Crippen LogP contribution in [0.25, 0.3) is 0 Å². The molecule has 0 amide bonds. The molecule has 0 fully saturated rings. The van der Waals surface area contributed by atoms with Crippen LogP contribution in [0.15, 0.2) is 42.5 Å². The quantitative estimate of drug-likeness (QED) is 0.730. The fourth-order valence-corrected chi connectivity index (χ4v) is 2.45. The number of benzene rings is 2. The van der Waals surface area contributed by atoms with Gasteiger partial charge in [-0.1, -0.05) is 24.3 Å².